The molecule has 0 atom stereocenters. The Kier molecular flexibility index (Phi) is 10.00. The lowest BCUT2D eigenvalue weighted by Gasteiger charge is -2.19. The van der Waals surface area contributed by atoms with Gasteiger partial charge < -0.3 is 14.2 Å². The molecular weight excluding hydrogens is 210 g/mol. The molecule has 0 aromatic heterocycles. The first-order valence-electron chi connectivity index (χ1n) is 5.19. The van der Waals surface area contributed by atoms with Crippen LogP contribution in [0.1, 0.15) is 0 Å². The van der Waals surface area contributed by atoms with Gasteiger partial charge in [0.05, 0.1) is 20.3 Å². The van der Waals surface area contributed by atoms with Crippen LogP contribution in [0.2, 0.25) is 0 Å². The second-order valence-corrected chi connectivity index (χ2v) is 3.21. The predicted molar refractivity (Wildman–Crippen MR) is 61.3 cm³/mol. The zero-order chi connectivity index (χ0) is 12.2. The van der Waals surface area contributed by atoms with Crippen LogP contribution in [-0.2, 0) is 19.0 Å². The molecule has 0 radical (unpaired) electrons. The van der Waals surface area contributed by atoms with E-state index in [1.807, 2.05) is 0 Å². The SMILES string of the molecule is COCCN(CC=CC(=O)OC)CCOC. The van der Waals surface area contributed by atoms with E-state index in [-0.39, 0.29) is 5.97 Å². The van der Waals surface area contributed by atoms with Gasteiger partial charge in [-0.25, -0.2) is 4.79 Å². The van der Waals surface area contributed by atoms with Crippen LogP contribution >= 0.6 is 0 Å². The quantitative estimate of drug-likeness (QED) is 0.422. The molecule has 5 heteroatoms. The topological polar surface area (TPSA) is 48.0 Å². The van der Waals surface area contributed by atoms with Gasteiger partial charge in [-0.1, -0.05) is 6.08 Å². The van der Waals surface area contributed by atoms with Gasteiger partial charge in [0, 0.05) is 39.9 Å². The molecule has 5 nitrogen and oxygen atoms in total. The second kappa shape index (κ2) is 10.6. The molecule has 0 bridgehead atoms. The highest BCUT2D eigenvalue weighted by Gasteiger charge is 2.02. The van der Waals surface area contributed by atoms with Crippen LogP contribution in [0, 0.1) is 0 Å². The molecule has 94 valence electrons. The molecule has 0 N–H and O–H groups in total. The van der Waals surface area contributed by atoms with E-state index in [1.165, 1.54) is 13.2 Å². The number of hydrogen-bond acceptors (Lipinski definition) is 5. The maximum absolute atomic E-state index is 10.8. The fraction of sp³-hybridized carbons (Fsp3) is 0.727. The number of rotatable bonds is 9. The molecule has 0 unspecified atom stereocenters. The van der Waals surface area contributed by atoms with Crippen LogP contribution in [0.25, 0.3) is 0 Å². The summed E-state index contributed by atoms with van der Waals surface area (Å²) in [6, 6.07) is 0. The van der Waals surface area contributed by atoms with Crippen molar-refractivity contribution in [2.24, 2.45) is 0 Å². The fourth-order valence-corrected chi connectivity index (χ4v) is 1.10. The van der Waals surface area contributed by atoms with Gasteiger partial charge in [-0.05, 0) is 0 Å². The van der Waals surface area contributed by atoms with Crippen LogP contribution in [0.3, 0.4) is 0 Å². The van der Waals surface area contributed by atoms with Crippen molar-refractivity contribution in [1.82, 2.24) is 4.90 Å². The van der Waals surface area contributed by atoms with Crippen LogP contribution in [0.4, 0.5) is 0 Å². The Morgan fingerprint density at radius 1 is 1.12 bits per heavy atom. The average Bonchev–Trinajstić information content (AvgIpc) is 2.31. The number of ether oxygens (including phenoxy) is 3. The normalized spacial score (nSPS) is 11.2. The van der Waals surface area contributed by atoms with Gasteiger partial charge in [0.15, 0.2) is 0 Å². The van der Waals surface area contributed by atoms with E-state index in [4.69, 9.17) is 9.47 Å². The summed E-state index contributed by atoms with van der Waals surface area (Å²) in [4.78, 5) is 13.0. The van der Waals surface area contributed by atoms with Crippen LogP contribution in [0.15, 0.2) is 12.2 Å². The predicted octanol–water partition coefficient (Wildman–Crippen LogP) is 0.310. The van der Waals surface area contributed by atoms with Crippen LogP contribution in [-0.4, -0.2) is 65.0 Å². The molecule has 0 heterocycles. The Balaban J connectivity index is 3.89. The third-order valence-electron chi connectivity index (χ3n) is 2.04. The minimum Gasteiger partial charge on any atom is -0.466 e. The number of hydrogen-bond donors (Lipinski definition) is 0. The van der Waals surface area contributed by atoms with Gasteiger partial charge in [0.25, 0.3) is 0 Å². The summed E-state index contributed by atoms with van der Waals surface area (Å²) in [5.74, 6) is -0.335. The van der Waals surface area contributed by atoms with Crippen molar-refractivity contribution < 1.29 is 19.0 Å². The smallest absolute Gasteiger partial charge is 0.330 e. The molecule has 0 aliphatic heterocycles. The molecule has 16 heavy (non-hydrogen) atoms. The third kappa shape index (κ3) is 8.40. The summed E-state index contributed by atoms with van der Waals surface area (Å²) >= 11 is 0. The maximum Gasteiger partial charge on any atom is 0.330 e. The fourth-order valence-electron chi connectivity index (χ4n) is 1.10. The molecule has 0 fully saturated rings. The van der Waals surface area contributed by atoms with E-state index < -0.39 is 0 Å². The van der Waals surface area contributed by atoms with Crippen molar-refractivity contribution in [3.8, 4) is 0 Å². The molecular formula is C11H21NO4. The molecule has 0 aliphatic carbocycles. The number of carbonyl (C=O) groups is 1. The number of nitrogens with zero attached hydrogens (tertiary/aromatic N) is 1. The van der Waals surface area contributed by atoms with E-state index in [0.717, 1.165) is 13.1 Å². The Bertz CT molecular complexity index is 198. The molecule has 0 amide bonds. The molecule has 0 aromatic rings. The van der Waals surface area contributed by atoms with Crippen molar-refractivity contribution in [2.45, 2.75) is 0 Å². The molecule has 0 aliphatic rings. The monoisotopic (exact) mass is 231 g/mol. The van der Waals surface area contributed by atoms with E-state index in [2.05, 4.69) is 9.64 Å². The zero-order valence-electron chi connectivity index (χ0n) is 10.3. The first-order chi connectivity index (χ1) is 7.74. The van der Waals surface area contributed by atoms with Crippen molar-refractivity contribution in [3.05, 3.63) is 12.2 Å². The Hall–Kier alpha value is -0.910. The summed E-state index contributed by atoms with van der Waals surface area (Å²) in [7, 11) is 4.69. The molecule has 0 rings (SSSR count). The van der Waals surface area contributed by atoms with Crippen LogP contribution in [0.5, 0.6) is 0 Å². The van der Waals surface area contributed by atoms with Crippen molar-refractivity contribution >= 4 is 5.97 Å². The number of carbonyl (C=O) groups excluding carboxylic acids is 1. The Labute approximate surface area is 97.0 Å². The highest BCUT2D eigenvalue weighted by atomic mass is 16.5. The van der Waals surface area contributed by atoms with Gasteiger partial charge in [-0.2, -0.15) is 0 Å². The largest absolute Gasteiger partial charge is 0.466 e. The van der Waals surface area contributed by atoms with E-state index in [0.29, 0.717) is 19.8 Å². The maximum atomic E-state index is 10.8. The number of esters is 1. The summed E-state index contributed by atoms with van der Waals surface area (Å²) in [6.45, 7) is 3.63. The minimum absolute atomic E-state index is 0.335. The summed E-state index contributed by atoms with van der Waals surface area (Å²) in [5, 5.41) is 0. The third-order valence-corrected chi connectivity index (χ3v) is 2.04. The highest BCUT2D eigenvalue weighted by molar-refractivity contribution is 5.81. The van der Waals surface area contributed by atoms with Gasteiger partial charge in [0.2, 0.25) is 0 Å². The van der Waals surface area contributed by atoms with E-state index in [1.54, 1.807) is 20.3 Å². The molecule has 0 saturated carbocycles. The standard InChI is InChI=1S/C11H21NO4/c1-14-9-7-12(8-10-15-2)6-4-5-11(13)16-3/h4-5H,6-10H2,1-3H3. The first-order valence-corrected chi connectivity index (χ1v) is 5.19. The summed E-state index contributed by atoms with van der Waals surface area (Å²) in [6.07, 6.45) is 3.20. The molecule has 0 spiro atoms. The first kappa shape index (κ1) is 15.1. The lowest BCUT2D eigenvalue weighted by Crippen LogP contribution is -2.31. The Morgan fingerprint density at radius 2 is 1.69 bits per heavy atom. The van der Waals surface area contributed by atoms with E-state index >= 15 is 0 Å². The van der Waals surface area contributed by atoms with Crippen molar-refractivity contribution in [1.29, 1.82) is 0 Å². The van der Waals surface area contributed by atoms with Crippen molar-refractivity contribution in [3.63, 3.8) is 0 Å². The Morgan fingerprint density at radius 3 is 2.12 bits per heavy atom. The van der Waals surface area contributed by atoms with Crippen molar-refractivity contribution in [2.75, 3.05) is 54.2 Å². The van der Waals surface area contributed by atoms with Gasteiger partial charge in [0.1, 0.15) is 0 Å². The van der Waals surface area contributed by atoms with Gasteiger partial charge in [-0.3, -0.25) is 4.90 Å². The average molecular weight is 231 g/mol. The molecule has 0 saturated heterocycles. The highest BCUT2D eigenvalue weighted by Crippen LogP contribution is 1.90. The lowest BCUT2D eigenvalue weighted by molar-refractivity contribution is -0.134. The minimum atomic E-state index is -0.335. The summed E-state index contributed by atoms with van der Waals surface area (Å²) in [5.41, 5.74) is 0. The second-order valence-electron chi connectivity index (χ2n) is 3.21. The zero-order valence-corrected chi connectivity index (χ0v) is 10.3. The van der Waals surface area contributed by atoms with E-state index in [9.17, 15) is 4.79 Å². The van der Waals surface area contributed by atoms with Crippen LogP contribution < -0.4 is 0 Å². The summed E-state index contributed by atoms with van der Waals surface area (Å²) < 4.78 is 14.5. The molecule has 0 aromatic carbocycles. The van der Waals surface area contributed by atoms with Gasteiger partial charge >= 0.3 is 5.97 Å². The lowest BCUT2D eigenvalue weighted by atomic mass is 10.4. The number of methoxy groups -OCH3 is 3. The van der Waals surface area contributed by atoms with Gasteiger partial charge in [-0.15, -0.1) is 0 Å².